The van der Waals surface area contributed by atoms with Crippen LogP contribution in [0.5, 0.6) is 0 Å². The van der Waals surface area contributed by atoms with Crippen molar-refractivity contribution in [2.75, 3.05) is 32.8 Å². The van der Waals surface area contributed by atoms with E-state index in [1.807, 2.05) is 0 Å². The van der Waals surface area contributed by atoms with E-state index in [4.69, 9.17) is 15.6 Å². The van der Waals surface area contributed by atoms with Gasteiger partial charge in [0.05, 0.1) is 12.6 Å². The summed E-state index contributed by atoms with van der Waals surface area (Å²) in [7, 11) is 0. The Kier molecular flexibility index (Phi) is 4.38. The maximum Gasteiger partial charge on any atom is 0.325 e. The summed E-state index contributed by atoms with van der Waals surface area (Å²) in [6.45, 7) is 2.24. The van der Waals surface area contributed by atoms with Crippen LogP contribution >= 0.6 is 0 Å². The van der Waals surface area contributed by atoms with Crippen LogP contribution in [0.25, 0.3) is 0 Å². The molecule has 2 unspecified atom stereocenters. The third-order valence-corrected chi connectivity index (χ3v) is 3.72. The van der Waals surface area contributed by atoms with E-state index in [-0.39, 0.29) is 25.1 Å². The van der Waals surface area contributed by atoms with E-state index in [1.54, 1.807) is 4.90 Å². The highest BCUT2D eigenvalue weighted by atomic mass is 16.5. The van der Waals surface area contributed by atoms with Gasteiger partial charge in [-0.25, -0.2) is 0 Å². The largest absolute Gasteiger partial charge is 0.480 e. The molecule has 0 saturated carbocycles. The molecule has 0 aromatic heterocycles. The zero-order valence-electron chi connectivity index (χ0n) is 10.9. The highest BCUT2D eigenvalue weighted by Crippen LogP contribution is 2.18. The zero-order valence-corrected chi connectivity index (χ0v) is 10.9. The number of amides is 1. The van der Waals surface area contributed by atoms with Gasteiger partial charge in [-0.05, 0) is 19.3 Å². The molecule has 2 fully saturated rings. The molecule has 0 aliphatic carbocycles. The number of hydrogen-bond donors (Lipinski definition) is 3. The van der Waals surface area contributed by atoms with Crippen LogP contribution in [-0.4, -0.2) is 66.3 Å². The number of likely N-dealkylation sites (tertiary alicyclic amines) is 1. The molecule has 0 radical (unpaired) electrons. The molecule has 2 atom stereocenters. The first kappa shape index (κ1) is 14.2. The Balaban J connectivity index is 1.70. The number of carbonyl (C=O) groups is 2. The molecule has 2 aliphatic heterocycles. The molecule has 2 rings (SSSR count). The lowest BCUT2D eigenvalue weighted by atomic mass is 10.0. The van der Waals surface area contributed by atoms with Gasteiger partial charge in [0.1, 0.15) is 5.54 Å². The molecule has 0 aromatic rings. The Morgan fingerprint density at radius 2 is 2.32 bits per heavy atom. The van der Waals surface area contributed by atoms with Crippen molar-refractivity contribution >= 4 is 11.9 Å². The predicted octanol–water partition coefficient (Wildman–Crippen LogP) is -1.23. The molecule has 19 heavy (non-hydrogen) atoms. The second kappa shape index (κ2) is 5.85. The molecule has 1 amide bonds. The van der Waals surface area contributed by atoms with Crippen molar-refractivity contribution in [3.63, 3.8) is 0 Å². The van der Waals surface area contributed by atoms with E-state index in [1.165, 1.54) is 0 Å². The van der Waals surface area contributed by atoms with Gasteiger partial charge in [-0.15, -0.1) is 0 Å². The molecule has 0 spiro atoms. The van der Waals surface area contributed by atoms with Crippen molar-refractivity contribution in [2.24, 2.45) is 5.73 Å². The summed E-state index contributed by atoms with van der Waals surface area (Å²) in [6.07, 6.45) is 2.52. The maximum absolute atomic E-state index is 11.7. The Labute approximate surface area is 112 Å². The molecule has 2 saturated heterocycles. The third kappa shape index (κ3) is 3.65. The summed E-state index contributed by atoms with van der Waals surface area (Å²) < 4.78 is 5.41. The first-order valence-electron chi connectivity index (χ1n) is 6.62. The van der Waals surface area contributed by atoms with Crippen molar-refractivity contribution < 1.29 is 19.4 Å². The van der Waals surface area contributed by atoms with Gasteiger partial charge >= 0.3 is 5.97 Å². The number of ether oxygens (including phenoxy) is 1. The van der Waals surface area contributed by atoms with Gasteiger partial charge in [0.25, 0.3) is 0 Å². The number of rotatable bonds is 5. The van der Waals surface area contributed by atoms with Gasteiger partial charge in [-0.2, -0.15) is 0 Å². The van der Waals surface area contributed by atoms with Crippen LogP contribution in [0.3, 0.4) is 0 Å². The lowest BCUT2D eigenvalue weighted by molar-refractivity contribution is -0.143. The van der Waals surface area contributed by atoms with Gasteiger partial charge < -0.3 is 20.9 Å². The lowest BCUT2D eigenvalue weighted by Crippen LogP contribution is -2.51. The fraction of sp³-hybridized carbons (Fsp3) is 0.833. The van der Waals surface area contributed by atoms with Crippen molar-refractivity contribution in [3.8, 4) is 0 Å². The number of nitrogens with two attached hydrogens (primary N) is 1. The van der Waals surface area contributed by atoms with E-state index in [9.17, 15) is 9.59 Å². The van der Waals surface area contributed by atoms with Gasteiger partial charge in [-0.1, -0.05) is 0 Å². The summed E-state index contributed by atoms with van der Waals surface area (Å²) in [4.78, 5) is 24.5. The number of carbonyl (C=O) groups excluding carboxylic acids is 1. The van der Waals surface area contributed by atoms with Crippen LogP contribution in [0.1, 0.15) is 19.3 Å². The minimum Gasteiger partial charge on any atom is -0.480 e. The normalized spacial score (nSPS) is 31.5. The van der Waals surface area contributed by atoms with Crippen LogP contribution in [0, 0.1) is 0 Å². The highest BCUT2D eigenvalue weighted by Gasteiger charge is 2.41. The molecule has 7 heteroatoms. The Morgan fingerprint density at radius 3 is 2.89 bits per heavy atom. The summed E-state index contributed by atoms with van der Waals surface area (Å²) in [5.41, 5.74) is 4.54. The number of nitrogens with one attached hydrogen (secondary N) is 1. The minimum atomic E-state index is -1.21. The van der Waals surface area contributed by atoms with E-state index in [0.717, 1.165) is 19.4 Å². The number of aliphatic carboxylic acids is 1. The number of carboxylic acid groups (broad SMARTS) is 1. The first-order valence-corrected chi connectivity index (χ1v) is 6.62. The number of hydrogen-bond acceptors (Lipinski definition) is 5. The molecular weight excluding hydrogens is 250 g/mol. The zero-order chi connectivity index (χ0) is 13.9. The number of carboxylic acids is 1. The molecule has 0 bridgehead atoms. The Bertz CT molecular complexity index is 357. The van der Waals surface area contributed by atoms with Crippen LogP contribution in [0.4, 0.5) is 0 Å². The maximum atomic E-state index is 11.7. The molecule has 2 aliphatic rings. The van der Waals surface area contributed by atoms with Crippen molar-refractivity contribution in [1.82, 2.24) is 10.2 Å². The monoisotopic (exact) mass is 271 g/mol. The van der Waals surface area contributed by atoms with Gasteiger partial charge in [-0.3, -0.25) is 14.5 Å². The van der Waals surface area contributed by atoms with Crippen LogP contribution < -0.4 is 11.1 Å². The smallest absolute Gasteiger partial charge is 0.325 e. The second-order valence-corrected chi connectivity index (χ2v) is 5.36. The van der Waals surface area contributed by atoms with Crippen molar-refractivity contribution in [3.05, 3.63) is 0 Å². The quantitative estimate of drug-likeness (QED) is 0.578. The third-order valence-electron chi connectivity index (χ3n) is 3.72. The fourth-order valence-corrected chi connectivity index (χ4v) is 2.52. The topological polar surface area (TPSA) is 105 Å². The van der Waals surface area contributed by atoms with E-state index in [2.05, 4.69) is 5.32 Å². The van der Waals surface area contributed by atoms with E-state index in [0.29, 0.717) is 19.5 Å². The average molecular weight is 271 g/mol. The second-order valence-electron chi connectivity index (χ2n) is 5.36. The van der Waals surface area contributed by atoms with Gasteiger partial charge in [0.2, 0.25) is 5.91 Å². The Morgan fingerprint density at radius 1 is 1.53 bits per heavy atom. The molecule has 108 valence electrons. The highest BCUT2D eigenvalue weighted by molar-refractivity contribution is 5.80. The predicted molar refractivity (Wildman–Crippen MR) is 67.6 cm³/mol. The molecule has 7 nitrogen and oxygen atoms in total. The number of nitrogens with zero attached hydrogens (tertiary/aromatic N) is 1. The van der Waals surface area contributed by atoms with Gasteiger partial charge in [0, 0.05) is 26.2 Å². The van der Waals surface area contributed by atoms with Crippen LogP contribution in [0.2, 0.25) is 0 Å². The van der Waals surface area contributed by atoms with Crippen LogP contribution in [0.15, 0.2) is 0 Å². The fourth-order valence-electron chi connectivity index (χ4n) is 2.52. The molecule has 2 heterocycles. The lowest BCUT2D eigenvalue weighted by Gasteiger charge is -2.20. The standard InChI is InChI=1S/C12H21N3O4/c13-12(11(17)18)3-4-15(8-12)7-10(16)14-6-9-2-1-5-19-9/h9H,1-8,13H2,(H,14,16)(H,17,18). The summed E-state index contributed by atoms with van der Waals surface area (Å²) >= 11 is 0. The summed E-state index contributed by atoms with van der Waals surface area (Å²) in [5.74, 6) is -1.11. The van der Waals surface area contributed by atoms with Crippen molar-refractivity contribution in [2.45, 2.75) is 30.9 Å². The minimum absolute atomic E-state index is 0.106. The first-order chi connectivity index (χ1) is 8.99. The van der Waals surface area contributed by atoms with Crippen molar-refractivity contribution in [1.29, 1.82) is 0 Å². The summed E-state index contributed by atoms with van der Waals surface area (Å²) in [6, 6.07) is 0. The van der Waals surface area contributed by atoms with E-state index >= 15 is 0 Å². The average Bonchev–Trinajstić information content (AvgIpc) is 2.97. The molecule has 0 aromatic carbocycles. The molecular formula is C12H21N3O4. The van der Waals surface area contributed by atoms with Gasteiger partial charge in [0.15, 0.2) is 0 Å². The SMILES string of the molecule is NC1(C(=O)O)CCN(CC(=O)NCC2CCCO2)C1. The van der Waals surface area contributed by atoms with E-state index < -0.39 is 11.5 Å². The molecule has 4 N–H and O–H groups in total. The summed E-state index contributed by atoms with van der Waals surface area (Å²) in [5, 5.41) is 11.8. The Hall–Kier alpha value is -1.18. The van der Waals surface area contributed by atoms with Crippen LogP contribution in [-0.2, 0) is 14.3 Å².